The summed E-state index contributed by atoms with van der Waals surface area (Å²) in [5.41, 5.74) is -3.67. The van der Waals surface area contributed by atoms with Crippen LogP contribution in [0.5, 0.6) is 0 Å². The summed E-state index contributed by atoms with van der Waals surface area (Å²) in [7, 11) is 3.19. The highest BCUT2D eigenvalue weighted by Gasteiger charge is 2.53. The quantitative estimate of drug-likeness (QED) is 0.135. The third-order valence-corrected chi connectivity index (χ3v) is 11.5. The molecule has 15 nitrogen and oxygen atoms in total. The number of esters is 2. The summed E-state index contributed by atoms with van der Waals surface area (Å²) in [4.78, 5) is 54.7. The lowest BCUT2D eigenvalue weighted by Gasteiger charge is -2.48. The fraction of sp³-hybridized carbons (Fsp3) is 0.725. The van der Waals surface area contributed by atoms with Gasteiger partial charge in [0.15, 0.2) is 6.29 Å². The van der Waals surface area contributed by atoms with Crippen LogP contribution in [0.1, 0.15) is 80.2 Å². The average molecular weight is 777 g/mol. The SMILES string of the molecule is C#CCN(C)[C@H]1C[C@@H](C)O[C@@H](O[C@@H]2[C@@H](C)[C@H](OC(=O)Cc3ccccc3[N+](=O)[O-])[C@@H](C)C(=O)O[C@H](CC)[C@@](C)(O)[C@H](O)[C@@H](C)C(=O)[C@H](C)C[C@@]2(C)OC)[C@@H]1O. The molecule has 2 aliphatic heterocycles. The van der Waals surface area contributed by atoms with Crippen LogP contribution in [0.4, 0.5) is 5.69 Å². The lowest BCUT2D eigenvalue weighted by molar-refractivity contribution is -0.385. The summed E-state index contributed by atoms with van der Waals surface area (Å²) >= 11 is 0. The molecule has 1 aromatic rings. The minimum absolute atomic E-state index is 0.0117. The molecule has 15 heteroatoms. The predicted octanol–water partition coefficient (Wildman–Crippen LogP) is 3.22. The van der Waals surface area contributed by atoms with Gasteiger partial charge in [-0.3, -0.25) is 29.4 Å². The monoisotopic (exact) mass is 776 g/mol. The Morgan fingerprint density at radius 1 is 1.13 bits per heavy atom. The molecule has 0 aromatic heterocycles. The second kappa shape index (κ2) is 19.1. The number of nitro groups is 1. The Labute approximate surface area is 324 Å². The Bertz CT molecular complexity index is 1550. The number of hydrogen-bond donors (Lipinski definition) is 3. The summed E-state index contributed by atoms with van der Waals surface area (Å²) in [5, 5.41) is 46.4. The van der Waals surface area contributed by atoms with E-state index >= 15 is 0 Å². The van der Waals surface area contributed by atoms with Crippen LogP contribution in [0.3, 0.4) is 0 Å². The van der Waals surface area contributed by atoms with E-state index in [1.165, 1.54) is 46.1 Å². The van der Waals surface area contributed by atoms with Gasteiger partial charge in [-0.25, -0.2) is 0 Å². The highest BCUT2D eigenvalue weighted by atomic mass is 16.7. The summed E-state index contributed by atoms with van der Waals surface area (Å²) in [6.45, 7) is 13.0. The maximum Gasteiger partial charge on any atom is 0.312 e. The number of likely N-dealkylation sites (N-methyl/N-ethyl adjacent to an activating group) is 1. The molecule has 0 spiro atoms. The third kappa shape index (κ3) is 10.5. The lowest BCUT2D eigenvalue weighted by atomic mass is 9.74. The Morgan fingerprint density at radius 3 is 2.35 bits per heavy atom. The molecule has 2 aliphatic rings. The number of terminal acetylenes is 1. The van der Waals surface area contributed by atoms with Crippen LogP contribution in [0.15, 0.2) is 24.3 Å². The van der Waals surface area contributed by atoms with Crippen LogP contribution in [0, 0.1) is 46.1 Å². The van der Waals surface area contributed by atoms with E-state index in [2.05, 4.69) is 5.92 Å². The van der Waals surface area contributed by atoms with Crippen LogP contribution in [0.25, 0.3) is 0 Å². The van der Waals surface area contributed by atoms with Gasteiger partial charge < -0.3 is 39.0 Å². The molecule has 308 valence electrons. The van der Waals surface area contributed by atoms with Crippen LogP contribution in [0.2, 0.25) is 0 Å². The number of Topliss-reactive ketones (excluding diaryl/α,β-unsaturated/α-hetero) is 1. The van der Waals surface area contributed by atoms with E-state index in [-0.39, 0.29) is 30.6 Å². The normalized spacial score (nSPS) is 38.1. The van der Waals surface area contributed by atoms with E-state index in [1.807, 2.05) is 11.8 Å². The first kappa shape index (κ1) is 45.9. The molecular weight excluding hydrogens is 716 g/mol. The van der Waals surface area contributed by atoms with Crippen molar-refractivity contribution in [2.24, 2.45) is 23.7 Å². The van der Waals surface area contributed by atoms with Crippen molar-refractivity contribution in [1.29, 1.82) is 0 Å². The number of aliphatic hydroxyl groups excluding tert-OH is 2. The van der Waals surface area contributed by atoms with Crippen LogP contribution in [-0.2, 0) is 44.5 Å². The first-order chi connectivity index (χ1) is 25.6. The van der Waals surface area contributed by atoms with E-state index < -0.39 is 113 Å². The number of cyclic esters (lactones) is 1. The van der Waals surface area contributed by atoms with E-state index in [1.54, 1.807) is 40.8 Å². The zero-order chi connectivity index (χ0) is 41.6. The van der Waals surface area contributed by atoms with Gasteiger partial charge in [0.05, 0.1) is 47.7 Å². The van der Waals surface area contributed by atoms with Crippen LogP contribution < -0.4 is 0 Å². The zero-order valence-corrected chi connectivity index (χ0v) is 33.7. The number of ketones is 1. The molecule has 0 radical (unpaired) electrons. The number of aliphatic hydroxyl groups is 3. The summed E-state index contributed by atoms with van der Waals surface area (Å²) < 4.78 is 31.0. The molecule has 2 heterocycles. The number of hydrogen-bond acceptors (Lipinski definition) is 14. The molecule has 3 rings (SSSR count). The minimum atomic E-state index is -2.06. The number of rotatable bonds is 10. The van der Waals surface area contributed by atoms with Gasteiger partial charge >= 0.3 is 11.9 Å². The standard InChI is InChI=1S/C40H60N2O13/c1-12-18-41(10)29-19-23(4)52-38(33(29)45)55-36-25(6)34(54-31(43)20-27-16-14-15-17-28(27)42(49)50)26(7)37(47)53-30(13-2)40(9,48)35(46)24(5)32(44)22(3)21-39(36,8)51-11/h1,14-17,22-26,29-30,33-36,38,45-46,48H,13,18-21H2,2-11H3/t22-,23-,24+,25+,26-,29+,30-,33-,34+,35-,36-,38+,39-,40-/m1/s1. The second-order valence-corrected chi connectivity index (χ2v) is 15.8. The number of carbonyl (C=O) groups is 3. The summed E-state index contributed by atoms with van der Waals surface area (Å²) in [6, 6.07) is 5.24. The molecule has 2 saturated heterocycles. The van der Waals surface area contributed by atoms with E-state index in [9.17, 15) is 39.8 Å². The molecule has 0 bridgehead atoms. The number of para-hydroxylation sites is 1. The molecule has 2 fully saturated rings. The smallest absolute Gasteiger partial charge is 0.312 e. The summed E-state index contributed by atoms with van der Waals surface area (Å²) in [5.74, 6) is -3.71. The van der Waals surface area contributed by atoms with Gasteiger partial charge in [0.2, 0.25) is 0 Å². The van der Waals surface area contributed by atoms with Crippen LogP contribution in [-0.4, -0.2) is 124 Å². The van der Waals surface area contributed by atoms with Crippen molar-refractivity contribution in [3.63, 3.8) is 0 Å². The van der Waals surface area contributed by atoms with Gasteiger partial charge in [-0.2, -0.15) is 0 Å². The maximum absolute atomic E-state index is 14.1. The molecule has 3 N–H and O–H groups in total. The van der Waals surface area contributed by atoms with Crippen molar-refractivity contribution in [2.75, 3.05) is 20.7 Å². The van der Waals surface area contributed by atoms with Crippen molar-refractivity contribution in [3.05, 3.63) is 39.9 Å². The largest absolute Gasteiger partial charge is 0.461 e. The molecule has 14 atom stereocenters. The van der Waals surface area contributed by atoms with Crippen molar-refractivity contribution in [2.45, 2.75) is 141 Å². The second-order valence-electron chi connectivity index (χ2n) is 15.8. The number of benzene rings is 1. The van der Waals surface area contributed by atoms with E-state index in [0.29, 0.717) is 6.42 Å². The number of carbonyl (C=O) groups excluding carboxylic acids is 3. The Kier molecular flexibility index (Phi) is 15.9. The minimum Gasteiger partial charge on any atom is -0.461 e. The van der Waals surface area contributed by atoms with Gasteiger partial charge in [0.1, 0.15) is 29.7 Å². The molecule has 0 saturated carbocycles. The number of ether oxygens (including phenoxy) is 5. The van der Waals surface area contributed by atoms with Gasteiger partial charge in [-0.05, 0) is 54.0 Å². The molecule has 0 unspecified atom stereocenters. The van der Waals surface area contributed by atoms with Crippen molar-refractivity contribution < 1.29 is 58.3 Å². The maximum atomic E-state index is 14.1. The van der Waals surface area contributed by atoms with E-state index in [0.717, 1.165) is 0 Å². The van der Waals surface area contributed by atoms with Gasteiger partial charge in [0, 0.05) is 42.5 Å². The van der Waals surface area contributed by atoms with E-state index in [4.69, 9.17) is 30.1 Å². The third-order valence-electron chi connectivity index (χ3n) is 11.5. The fourth-order valence-corrected chi connectivity index (χ4v) is 8.16. The molecule has 1 aromatic carbocycles. The Hall–Kier alpha value is -3.49. The number of methoxy groups -OCH3 is 1. The number of nitrogens with zero attached hydrogens (tertiary/aromatic N) is 2. The highest BCUT2D eigenvalue weighted by molar-refractivity contribution is 5.83. The topological polar surface area (TPSA) is 204 Å². The molecule has 0 aliphatic carbocycles. The first-order valence-corrected chi connectivity index (χ1v) is 18.9. The molecule has 55 heavy (non-hydrogen) atoms. The first-order valence-electron chi connectivity index (χ1n) is 18.9. The van der Waals surface area contributed by atoms with Crippen LogP contribution >= 0.6 is 0 Å². The highest BCUT2D eigenvalue weighted by Crippen LogP contribution is 2.40. The summed E-state index contributed by atoms with van der Waals surface area (Å²) in [6.07, 6.45) is -2.77. The average Bonchev–Trinajstić information content (AvgIpc) is 3.13. The van der Waals surface area contributed by atoms with Crippen molar-refractivity contribution in [1.82, 2.24) is 4.90 Å². The lowest BCUT2D eigenvalue weighted by Crippen LogP contribution is -2.61. The fourth-order valence-electron chi connectivity index (χ4n) is 8.16. The Morgan fingerprint density at radius 2 is 1.76 bits per heavy atom. The predicted molar refractivity (Wildman–Crippen MR) is 200 cm³/mol. The van der Waals surface area contributed by atoms with Gasteiger partial charge in [-0.15, -0.1) is 6.42 Å². The molecular formula is C40H60N2O13. The Balaban J connectivity index is 2.22. The zero-order valence-electron chi connectivity index (χ0n) is 33.7. The number of nitro benzene ring substituents is 1. The molecule has 0 amide bonds. The van der Waals surface area contributed by atoms with Gasteiger partial charge in [0.25, 0.3) is 5.69 Å². The van der Waals surface area contributed by atoms with Crippen molar-refractivity contribution >= 4 is 23.4 Å². The van der Waals surface area contributed by atoms with Crippen molar-refractivity contribution in [3.8, 4) is 12.3 Å². The van der Waals surface area contributed by atoms with Gasteiger partial charge in [-0.1, -0.05) is 51.8 Å².